The number of hydrogen-bond acceptors (Lipinski definition) is 6. The van der Waals surface area contributed by atoms with Gasteiger partial charge in [-0.2, -0.15) is 0 Å². The highest BCUT2D eigenvalue weighted by Crippen LogP contribution is 2.31. The van der Waals surface area contributed by atoms with Gasteiger partial charge in [0, 0.05) is 34.6 Å². The summed E-state index contributed by atoms with van der Waals surface area (Å²) < 4.78 is 5.23. The summed E-state index contributed by atoms with van der Waals surface area (Å²) in [5.41, 5.74) is 2.34. The fourth-order valence-corrected chi connectivity index (χ4v) is 3.47. The van der Waals surface area contributed by atoms with E-state index in [-0.39, 0.29) is 16.8 Å². The van der Waals surface area contributed by atoms with Crippen LogP contribution in [0.4, 0.5) is 17.1 Å². The van der Waals surface area contributed by atoms with E-state index in [9.17, 15) is 19.7 Å². The molecule has 0 spiro atoms. The molecule has 10 heteroatoms. The van der Waals surface area contributed by atoms with Crippen molar-refractivity contribution in [3.05, 3.63) is 105 Å². The third-order valence-corrected chi connectivity index (χ3v) is 5.29. The number of halogens is 1. The van der Waals surface area contributed by atoms with E-state index in [2.05, 4.69) is 15.8 Å². The molecule has 0 saturated carbocycles. The quantitative estimate of drug-likeness (QED) is 0.271. The third-order valence-electron chi connectivity index (χ3n) is 4.96. The fourth-order valence-electron chi connectivity index (χ4n) is 3.24. The molecule has 0 unspecified atom stereocenters. The molecule has 9 nitrogen and oxygen atoms in total. The molecule has 4 rings (SSSR count). The van der Waals surface area contributed by atoms with Crippen LogP contribution in [0.2, 0.25) is 5.02 Å². The number of nitro benzene ring substituents is 1. The molecule has 4 aromatic rings. The van der Waals surface area contributed by atoms with Crippen molar-refractivity contribution >= 4 is 40.5 Å². The SMILES string of the molecule is Cc1onc(-c2ccccc2Cl)c1C(=O)Nc1ccc(NC(=O)c2ccc([N+](=O)[O-])cc2)cc1. The summed E-state index contributed by atoms with van der Waals surface area (Å²) in [4.78, 5) is 35.5. The van der Waals surface area contributed by atoms with E-state index in [1.807, 2.05) is 0 Å². The number of benzene rings is 3. The Hall–Kier alpha value is -4.50. The predicted molar refractivity (Wildman–Crippen MR) is 127 cm³/mol. The topological polar surface area (TPSA) is 127 Å². The molecule has 2 amide bonds. The monoisotopic (exact) mass is 476 g/mol. The van der Waals surface area contributed by atoms with Gasteiger partial charge in [0.15, 0.2) is 0 Å². The van der Waals surface area contributed by atoms with Gasteiger partial charge >= 0.3 is 0 Å². The molecule has 0 aliphatic rings. The first kappa shape index (κ1) is 22.7. The maximum Gasteiger partial charge on any atom is 0.269 e. The van der Waals surface area contributed by atoms with Gasteiger partial charge in [-0.05, 0) is 49.4 Å². The Bertz CT molecular complexity index is 1380. The number of nitrogens with zero attached hydrogens (tertiary/aromatic N) is 2. The maximum atomic E-state index is 13.0. The normalized spacial score (nSPS) is 10.5. The molecule has 1 heterocycles. The largest absolute Gasteiger partial charge is 0.360 e. The lowest BCUT2D eigenvalue weighted by Crippen LogP contribution is -2.14. The second-order valence-corrected chi connectivity index (χ2v) is 7.64. The molecule has 1 aromatic heterocycles. The van der Waals surface area contributed by atoms with Gasteiger partial charge in [0.05, 0.1) is 9.95 Å². The molecule has 2 N–H and O–H groups in total. The van der Waals surface area contributed by atoms with E-state index in [0.717, 1.165) is 0 Å². The van der Waals surface area contributed by atoms with E-state index in [1.165, 1.54) is 24.3 Å². The molecular weight excluding hydrogens is 460 g/mol. The summed E-state index contributed by atoms with van der Waals surface area (Å²) in [5.74, 6) is -0.494. The number of carbonyl (C=O) groups excluding carboxylic acids is 2. The van der Waals surface area contributed by atoms with Crippen LogP contribution in [0.1, 0.15) is 26.5 Å². The average molecular weight is 477 g/mol. The standard InChI is InChI=1S/C24H17ClN4O5/c1-14-21(22(28-34-14)19-4-2-3-5-20(19)25)24(31)27-17-10-8-16(9-11-17)26-23(30)15-6-12-18(13-7-15)29(32)33/h2-13H,1H3,(H,26,30)(H,27,31). The van der Waals surface area contributed by atoms with Crippen LogP contribution >= 0.6 is 11.6 Å². The van der Waals surface area contributed by atoms with Gasteiger partial charge in [0.2, 0.25) is 0 Å². The van der Waals surface area contributed by atoms with Gasteiger partial charge in [0.1, 0.15) is 17.0 Å². The Morgan fingerprint density at radius 1 is 0.912 bits per heavy atom. The molecule has 0 aliphatic carbocycles. The zero-order valence-corrected chi connectivity index (χ0v) is 18.5. The number of nitro groups is 1. The predicted octanol–water partition coefficient (Wildman–Crippen LogP) is 5.72. The number of hydrogen-bond donors (Lipinski definition) is 2. The minimum Gasteiger partial charge on any atom is -0.360 e. The van der Waals surface area contributed by atoms with Crippen molar-refractivity contribution in [2.45, 2.75) is 6.92 Å². The van der Waals surface area contributed by atoms with Crippen LogP contribution in [0.3, 0.4) is 0 Å². The van der Waals surface area contributed by atoms with E-state index < -0.39 is 16.7 Å². The van der Waals surface area contributed by atoms with Crippen molar-refractivity contribution < 1.29 is 19.0 Å². The van der Waals surface area contributed by atoms with Crippen molar-refractivity contribution in [3.63, 3.8) is 0 Å². The number of aryl methyl sites for hydroxylation is 1. The summed E-state index contributed by atoms with van der Waals surface area (Å²) in [5, 5.41) is 20.7. The van der Waals surface area contributed by atoms with Crippen LogP contribution in [-0.2, 0) is 0 Å². The number of carbonyl (C=O) groups is 2. The molecule has 0 radical (unpaired) electrons. The van der Waals surface area contributed by atoms with Gasteiger partial charge in [-0.25, -0.2) is 0 Å². The highest BCUT2D eigenvalue weighted by atomic mass is 35.5. The minimum absolute atomic E-state index is 0.0996. The lowest BCUT2D eigenvalue weighted by atomic mass is 10.1. The molecule has 3 aromatic carbocycles. The summed E-state index contributed by atoms with van der Waals surface area (Å²) in [6.45, 7) is 1.64. The van der Waals surface area contributed by atoms with Gasteiger partial charge in [-0.1, -0.05) is 35.0 Å². The first-order chi connectivity index (χ1) is 16.3. The van der Waals surface area contributed by atoms with E-state index in [1.54, 1.807) is 55.5 Å². The lowest BCUT2D eigenvalue weighted by Gasteiger charge is -2.09. The zero-order valence-electron chi connectivity index (χ0n) is 17.7. The van der Waals surface area contributed by atoms with Crippen molar-refractivity contribution in [1.82, 2.24) is 5.16 Å². The Kier molecular flexibility index (Phi) is 6.37. The van der Waals surface area contributed by atoms with Crippen molar-refractivity contribution in [1.29, 1.82) is 0 Å². The fraction of sp³-hybridized carbons (Fsp3) is 0.0417. The van der Waals surface area contributed by atoms with E-state index >= 15 is 0 Å². The van der Waals surface area contributed by atoms with E-state index in [4.69, 9.17) is 16.1 Å². The van der Waals surface area contributed by atoms with Gasteiger partial charge in [-0.15, -0.1) is 0 Å². The Labute approximate surface area is 198 Å². The third kappa shape index (κ3) is 4.79. The van der Waals surface area contributed by atoms with Gasteiger partial charge < -0.3 is 15.2 Å². The number of non-ortho nitro benzene ring substituents is 1. The zero-order chi connectivity index (χ0) is 24.2. The minimum atomic E-state index is -0.535. The van der Waals surface area contributed by atoms with Gasteiger partial charge in [0.25, 0.3) is 17.5 Å². The second-order valence-electron chi connectivity index (χ2n) is 7.23. The summed E-state index contributed by atoms with van der Waals surface area (Å²) in [7, 11) is 0. The molecule has 0 aliphatic heterocycles. The Morgan fingerprint density at radius 2 is 1.50 bits per heavy atom. The van der Waals surface area contributed by atoms with Crippen LogP contribution in [-0.4, -0.2) is 21.9 Å². The van der Waals surface area contributed by atoms with Crippen LogP contribution < -0.4 is 10.6 Å². The number of rotatable bonds is 6. The summed E-state index contributed by atoms with van der Waals surface area (Å²) >= 11 is 6.25. The molecule has 0 atom stereocenters. The lowest BCUT2D eigenvalue weighted by molar-refractivity contribution is -0.384. The number of amides is 2. The number of aromatic nitrogens is 1. The molecular formula is C24H17ClN4O5. The highest BCUT2D eigenvalue weighted by Gasteiger charge is 2.23. The van der Waals surface area contributed by atoms with Crippen molar-refractivity contribution in [2.24, 2.45) is 0 Å². The molecule has 170 valence electrons. The summed E-state index contributed by atoms with van der Waals surface area (Å²) in [6.07, 6.45) is 0. The molecule has 0 fully saturated rings. The van der Waals surface area contributed by atoms with Crippen LogP contribution in [0.5, 0.6) is 0 Å². The maximum absolute atomic E-state index is 13.0. The second kappa shape index (κ2) is 9.55. The van der Waals surface area contributed by atoms with Crippen LogP contribution in [0.15, 0.2) is 77.3 Å². The molecule has 0 bridgehead atoms. The summed E-state index contributed by atoms with van der Waals surface area (Å²) in [6, 6.07) is 18.8. The highest BCUT2D eigenvalue weighted by molar-refractivity contribution is 6.33. The van der Waals surface area contributed by atoms with Crippen LogP contribution in [0, 0.1) is 17.0 Å². The first-order valence-electron chi connectivity index (χ1n) is 10.0. The Morgan fingerprint density at radius 3 is 2.09 bits per heavy atom. The van der Waals surface area contributed by atoms with Crippen molar-refractivity contribution in [3.8, 4) is 11.3 Å². The van der Waals surface area contributed by atoms with E-state index in [0.29, 0.717) is 33.4 Å². The Balaban J connectivity index is 1.46. The smallest absolute Gasteiger partial charge is 0.269 e. The molecule has 34 heavy (non-hydrogen) atoms. The molecule has 0 saturated heterocycles. The first-order valence-corrected chi connectivity index (χ1v) is 10.4. The average Bonchev–Trinajstić information content (AvgIpc) is 3.22. The van der Waals surface area contributed by atoms with Crippen LogP contribution in [0.25, 0.3) is 11.3 Å². The van der Waals surface area contributed by atoms with Crippen molar-refractivity contribution in [2.75, 3.05) is 10.6 Å². The number of nitrogens with one attached hydrogen (secondary N) is 2. The van der Waals surface area contributed by atoms with Gasteiger partial charge in [-0.3, -0.25) is 19.7 Å². The number of anilines is 2.